The van der Waals surface area contributed by atoms with Crippen LogP contribution in [0, 0.1) is 10.1 Å². The van der Waals surface area contributed by atoms with E-state index in [2.05, 4.69) is 0 Å². The van der Waals surface area contributed by atoms with E-state index in [0.29, 0.717) is 11.9 Å². The molecule has 0 saturated carbocycles. The van der Waals surface area contributed by atoms with Gasteiger partial charge in [0.2, 0.25) is 0 Å². The van der Waals surface area contributed by atoms with Crippen molar-refractivity contribution in [3.63, 3.8) is 0 Å². The Morgan fingerprint density at radius 1 is 1.47 bits per heavy atom. The molecule has 0 aromatic heterocycles. The van der Waals surface area contributed by atoms with Crippen LogP contribution < -0.4 is 5.11 Å². The number of nitro benzene ring substituents is 1. The lowest BCUT2D eigenvalue weighted by atomic mass is 10.1. The monoisotopic (exact) mass is 206 g/mol. The topological polar surface area (TPSA) is 83.3 Å². The Hall–Kier alpha value is -2.17. The van der Waals surface area contributed by atoms with Crippen LogP contribution in [-0.2, 0) is 4.79 Å². The van der Waals surface area contributed by atoms with Crippen LogP contribution in [0.25, 0.3) is 6.08 Å². The molecule has 0 bridgehead atoms. The highest BCUT2D eigenvalue weighted by Crippen LogP contribution is 2.27. The summed E-state index contributed by atoms with van der Waals surface area (Å²) in [5.74, 6) is -0.677. The summed E-state index contributed by atoms with van der Waals surface area (Å²) >= 11 is 0. The molecule has 0 amide bonds. The predicted molar refractivity (Wildman–Crippen MR) is 52.3 cm³/mol. The number of carbonyl (C=O) groups is 1. The van der Waals surface area contributed by atoms with Crippen LogP contribution in [0.15, 0.2) is 23.8 Å². The Morgan fingerprint density at radius 3 is 2.67 bits per heavy atom. The van der Waals surface area contributed by atoms with Crippen molar-refractivity contribution in [3.8, 4) is 5.75 Å². The lowest BCUT2D eigenvalue weighted by molar-refractivity contribution is -0.398. The number of hydrogen-bond donors (Lipinski definition) is 0. The minimum Gasteiger partial charge on any atom is -0.867 e. The molecule has 0 atom stereocenters. The Bertz CT molecular complexity index is 437. The van der Waals surface area contributed by atoms with Crippen molar-refractivity contribution >= 4 is 18.0 Å². The maximum Gasteiger partial charge on any atom is 0.262 e. The van der Waals surface area contributed by atoms with Crippen molar-refractivity contribution in [1.82, 2.24) is 0 Å². The molecule has 0 unspecified atom stereocenters. The Kier molecular flexibility index (Phi) is 3.17. The number of para-hydroxylation sites is 1. The Balaban J connectivity index is 3.27. The van der Waals surface area contributed by atoms with E-state index in [9.17, 15) is 20.0 Å². The van der Waals surface area contributed by atoms with Gasteiger partial charge in [-0.3, -0.25) is 14.9 Å². The number of benzene rings is 1. The molecule has 0 spiro atoms. The van der Waals surface area contributed by atoms with E-state index in [-0.39, 0.29) is 5.56 Å². The zero-order valence-corrected chi connectivity index (χ0v) is 7.97. The van der Waals surface area contributed by atoms with Gasteiger partial charge in [0, 0.05) is 6.07 Å². The van der Waals surface area contributed by atoms with Crippen LogP contribution in [0.2, 0.25) is 0 Å². The van der Waals surface area contributed by atoms with E-state index in [0.717, 1.165) is 6.07 Å². The minimum absolute atomic E-state index is 0.147. The molecule has 1 rings (SSSR count). The third kappa shape index (κ3) is 2.40. The van der Waals surface area contributed by atoms with E-state index in [1.165, 1.54) is 25.1 Å². The zero-order chi connectivity index (χ0) is 11.4. The molecule has 0 aliphatic carbocycles. The number of nitrogens with zero attached hydrogens (tertiary/aromatic N) is 1. The molecule has 0 aliphatic rings. The summed E-state index contributed by atoms with van der Waals surface area (Å²) in [4.78, 5) is 20.0. The molecule has 1 aromatic carbocycles. The predicted octanol–water partition coefficient (Wildman–Crippen LogP) is 1.27. The van der Waals surface area contributed by atoms with Crippen LogP contribution in [0.5, 0.6) is 5.75 Å². The van der Waals surface area contributed by atoms with Gasteiger partial charge in [0.25, 0.3) is 5.69 Å². The second-order valence-corrected chi connectivity index (χ2v) is 2.96. The second-order valence-electron chi connectivity index (χ2n) is 2.96. The zero-order valence-electron chi connectivity index (χ0n) is 7.97. The van der Waals surface area contributed by atoms with E-state index < -0.39 is 16.4 Å². The summed E-state index contributed by atoms with van der Waals surface area (Å²) in [5, 5.41) is 21.9. The molecule has 0 heterocycles. The van der Waals surface area contributed by atoms with Gasteiger partial charge in [0.15, 0.2) is 0 Å². The minimum atomic E-state index is -0.740. The van der Waals surface area contributed by atoms with Crippen molar-refractivity contribution < 1.29 is 14.8 Å². The molecule has 78 valence electrons. The molecule has 15 heavy (non-hydrogen) atoms. The first kappa shape index (κ1) is 10.9. The molecule has 0 saturated heterocycles. The van der Waals surface area contributed by atoms with E-state index in [4.69, 9.17) is 0 Å². The van der Waals surface area contributed by atoms with Gasteiger partial charge < -0.3 is 5.11 Å². The number of aldehydes is 1. The third-order valence-electron chi connectivity index (χ3n) is 1.79. The molecule has 1 aromatic rings. The van der Waals surface area contributed by atoms with Crippen molar-refractivity contribution in [2.75, 3.05) is 0 Å². The van der Waals surface area contributed by atoms with E-state index in [1.807, 2.05) is 0 Å². The quantitative estimate of drug-likeness (QED) is 0.322. The molecule has 5 nitrogen and oxygen atoms in total. The highest BCUT2D eigenvalue weighted by molar-refractivity contribution is 5.82. The van der Waals surface area contributed by atoms with Gasteiger partial charge in [-0.15, -0.1) is 0 Å². The summed E-state index contributed by atoms with van der Waals surface area (Å²) in [7, 11) is 0. The smallest absolute Gasteiger partial charge is 0.262 e. The Morgan fingerprint density at radius 2 is 2.13 bits per heavy atom. The third-order valence-corrected chi connectivity index (χ3v) is 1.79. The number of allylic oxidation sites excluding steroid dienone is 1. The van der Waals surface area contributed by atoms with Crippen molar-refractivity contribution in [1.29, 1.82) is 0 Å². The van der Waals surface area contributed by atoms with E-state index >= 15 is 0 Å². The maximum absolute atomic E-state index is 11.5. The molecule has 0 N–H and O–H groups in total. The standard InChI is InChI=1S/C10H9NO4/c1-7(6-12)5-8-3-2-4-9(10(8)13)11(14)15/h2-6,13H,1H3/p-1/b7-5+. The van der Waals surface area contributed by atoms with E-state index in [1.54, 1.807) is 0 Å². The fourth-order valence-corrected chi connectivity index (χ4v) is 1.08. The highest BCUT2D eigenvalue weighted by atomic mass is 16.6. The van der Waals surface area contributed by atoms with Crippen LogP contribution in [0.1, 0.15) is 12.5 Å². The summed E-state index contributed by atoms with van der Waals surface area (Å²) in [6, 6.07) is 3.97. The van der Waals surface area contributed by atoms with Crippen LogP contribution in [-0.4, -0.2) is 11.2 Å². The summed E-state index contributed by atoms with van der Waals surface area (Å²) < 4.78 is 0. The molecular formula is C10H8NO4-. The fourth-order valence-electron chi connectivity index (χ4n) is 1.08. The number of carbonyl (C=O) groups excluding carboxylic acids is 1. The highest BCUT2D eigenvalue weighted by Gasteiger charge is 2.07. The number of rotatable bonds is 3. The van der Waals surface area contributed by atoms with Crippen molar-refractivity contribution in [2.24, 2.45) is 0 Å². The summed E-state index contributed by atoms with van der Waals surface area (Å²) in [6.07, 6.45) is 1.90. The first-order chi connectivity index (χ1) is 7.06. The molecule has 0 aliphatic heterocycles. The second kappa shape index (κ2) is 4.36. The normalized spacial score (nSPS) is 11.1. The van der Waals surface area contributed by atoms with Crippen molar-refractivity contribution in [2.45, 2.75) is 6.92 Å². The van der Waals surface area contributed by atoms with Gasteiger partial charge in [0.1, 0.15) is 6.29 Å². The van der Waals surface area contributed by atoms with Gasteiger partial charge in [-0.25, -0.2) is 0 Å². The summed E-state index contributed by atoms with van der Waals surface area (Å²) in [5.41, 5.74) is 0.00356. The molecular weight excluding hydrogens is 198 g/mol. The maximum atomic E-state index is 11.5. The van der Waals surface area contributed by atoms with Crippen molar-refractivity contribution in [3.05, 3.63) is 39.4 Å². The van der Waals surface area contributed by atoms with Gasteiger partial charge in [-0.05, 0) is 29.9 Å². The molecule has 0 radical (unpaired) electrons. The van der Waals surface area contributed by atoms with Crippen LogP contribution in [0.4, 0.5) is 5.69 Å². The van der Waals surface area contributed by atoms with Gasteiger partial charge >= 0.3 is 0 Å². The van der Waals surface area contributed by atoms with Gasteiger partial charge in [-0.2, -0.15) is 0 Å². The average molecular weight is 206 g/mol. The summed E-state index contributed by atoms with van der Waals surface area (Å²) in [6.45, 7) is 1.52. The SMILES string of the molecule is C/C(C=O)=C\c1cccc([N+](=O)[O-])c1[O-]. The van der Waals surface area contributed by atoms with Crippen LogP contribution in [0.3, 0.4) is 0 Å². The first-order valence-corrected chi connectivity index (χ1v) is 4.14. The first-order valence-electron chi connectivity index (χ1n) is 4.14. The molecule has 0 fully saturated rings. The van der Waals surface area contributed by atoms with Gasteiger partial charge in [0.05, 0.1) is 4.92 Å². The van der Waals surface area contributed by atoms with Gasteiger partial charge in [-0.1, -0.05) is 12.1 Å². The fraction of sp³-hybridized carbons (Fsp3) is 0.100. The number of hydrogen-bond acceptors (Lipinski definition) is 4. The number of nitro groups is 1. The molecule has 5 heteroatoms. The Labute approximate surface area is 85.8 Å². The lowest BCUT2D eigenvalue weighted by Crippen LogP contribution is -2.00. The largest absolute Gasteiger partial charge is 0.867 e. The lowest BCUT2D eigenvalue weighted by Gasteiger charge is -2.10. The van der Waals surface area contributed by atoms with Crippen LogP contribution >= 0.6 is 0 Å². The average Bonchev–Trinajstić information content (AvgIpc) is 2.20.